The molecule has 34 heavy (non-hydrogen) atoms. The number of hydrogen-bond acceptors (Lipinski definition) is 7. The molecular weight excluding hydrogens is 443 g/mol. The number of pyridine rings is 1. The standard InChI is InChI=1S/C24H24F3N7/c1-3-4-12-30-17-8-10-18(11-9-17)31-23-20(14-28)15(2)21(22(29)32-23)34-33-19-7-5-6-16(13-19)24(25,26)27/h5-11,13,30H,3-4,12H2,1-2H3,(H3,29,31,32)/b34-33+. The molecule has 0 atom stereocenters. The summed E-state index contributed by atoms with van der Waals surface area (Å²) < 4.78 is 38.8. The number of azo groups is 1. The minimum Gasteiger partial charge on any atom is -0.385 e. The molecule has 0 amide bonds. The molecule has 0 aliphatic carbocycles. The van der Waals surface area contributed by atoms with Crippen LogP contribution >= 0.6 is 0 Å². The topological polar surface area (TPSA) is 111 Å². The average Bonchev–Trinajstić information content (AvgIpc) is 2.80. The molecule has 4 N–H and O–H groups in total. The van der Waals surface area contributed by atoms with Crippen molar-refractivity contribution in [3.63, 3.8) is 0 Å². The average molecular weight is 467 g/mol. The number of rotatable bonds is 8. The van der Waals surface area contributed by atoms with E-state index in [1.807, 2.05) is 24.3 Å². The van der Waals surface area contributed by atoms with Gasteiger partial charge in [0.15, 0.2) is 11.6 Å². The first-order valence-corrected chi connectivity index (χ1v) is 10.6. The lowest BCUT2D eigenvalue weighted by Crippen LogP contribution is -2.04. The van der Waals surface area contributed by atoms with Crippen molar-refractivity contribution < 1.29 is 13.2 Å². The van der Waals surface area contributed by atoms with Crippen LogP contribution in [-0.4, -0.2) is 11.5 Å². The van der Waals surface area contributed by atoms with E-state index in [-0.39, 0.29) is 28.6 Å². The monoisotopic (exact) mass is 467 g/mol. The minimum absolute atomic E-state index is 0.00182. The normalized spacial score (nSPS) is 11.4. The van der Waals surface area contributed by atoms with E-state index in [0.29, 0.717) is 11.3 Å². The summed E-state index contributed by atoms with van der Waals surface area (Å²) in [6.45, 7) is 4.64. The van der Waals surface area contributed by atoms with Crippen LogP contribution in [0.4, 0.5) is 47.6 Å². The second-order valence-corrected chi connectivity index (χ2v) is 7.54. The molecule has 0 bridgehead atoms. The number of nitrogens with zero attached hydrogens (tertiary/aromatic N) is 4. The van der Waals surface area contributed by atoms with Gasteiger partial charge in [0.1, 0.15) is 11.8 Å². The van der Waals surface area contributed by atoms with Gasteiger partial charge in [-0.3, -0.25) is 0 Å². The summed E-state index contributed by atoms with van der Waals surface area (Å²) in [7, 11) is 0. The number of alkyl halides is 3. The largest absolute Gasteiger partial charge is 0.416 e. The van der Waals surface area contributed by atoms with E-state index >= 15 is 0 Å². The molecule has 1 aromatic heterocycles. The SMILES string of the molecule is CCCCNc1ccc(Nc2nc(N)c(/N=N/c3cccc(C(F)(F)F)c3)c(C)c2C#N)cc1. The third-order valence-corrected chi connectivity index (χ3v) is 5.00. The first-order valence-electron chi connectivity index (χ1n) is 10.6. The van der Waals surface area contributed by atoms with E-state index in [2.05, 4.69) is 38.8 Å². The van der Waals surface area contributed by atoms with Crippen LogP contribution in [0.15, 0.2) is 58.8 Å². The van der Waals surface area contributed by atoms with Crippen LogP contribution in [0.5, 0.6) is 0 Å². The maximum Gasteiger partial charge on any atom is 0.416 e. The molecule has 7 nitrogen and oxygen atoms in total. The fourth-order valence-corrected chi connectivity index (χ4v) is 3.14. The van der Waals surface area contributed by atoms with Gasteiger partial charge in [0, 0.05) is 23.5 Å². The number of anilines is 4. The van der Waals surface area contributed by atoms with Gasteiger partial charge >= 0.3 is 6.18 Å². The van der Waals surface area contributed by atoms with E-state index in [9.17, 15) is 18.4 Å². The van der Waals surface area contributed by atoms with Gasteiger partial charge in [-0.05, 0) is 55.8 Å². The molecule has 3 rings (SSSR count). The van der Waals surface area contributed by atoms with Crippen LogP contribution in [0.25, 0.3) is 0 Å². The molecule has 0 saturated heterocycles. The predicted molar refractivity (Wildman–Crippen MR) is 127 cm³/mol. The summed E-state index contributed by atoms with van der Waals surface area (Å²) >= 11 is 0. The second kappa shape index (κ2) is 10.7. The lowest BCUT2D eigenvalue weighted by atomic mass is 10.1. The minimum atomic E-state index is -4.49. The van der Waals surface area contributed by atoms with Crippen molar-refractivity contribution in [1.82, 2.24) is 4.98 Å². The number of nitrogens with two attached hydrogens (primary N) is 1. The second-order valence-electron chi connectivity index (χ2n) is 7.54. The third kappa shape index (κ3) is 6.01. The van der Waals surface area contributed by atoms with Crippen LogP contribution in [0, 0.1) is 18.3 Å². The van der Waals surface area contributed by atoms with Gasteiger partial charge in [-0.1, -0.05) is 19.4 Å². The molecule has 0 fully saturated rings. The summed E-state index contributed by atoms with van der Waals surface area (Å²) in [4.78, 5) is 4.25. The maximum absolute atomic E-state index is 12.9. The zero-order valence-corrected chi connectivity index (χ0v) is 18.7. The zero-order valence-electron chi connectivity index (χ0n) is 18.7. The fraction of sp³-hybridized carbons (Fsp3) is 0.250. The Morgan fingerprint density at radius 2 is 1.79 bits per heavy atom. The van der Waals surface area contributed by atoms with Crippen molar-refractivity contribution in [2.45, 2.75) is 32.9 Å². The highest BCUT2D eigenvalue weighted by Crippen LogP contribution is 2.35. The fourth-order valence-electron chi connectivity index (χ4n) is 3.14. The molecule has 10 heteroatoms. The van der Waals surface area contributed by atoms with Crippen molar-refractivity contribution in [2.24, 2.45) is 10.2 Å². The highest BCUT2D eigenvalue weighted by atomic mass is 19.4. The van der Waals surface area contributed by atoms with Gasteiger partial charge < -0.3 is 16.4 Å². The Balaban J connectivity index is 1.84. The van der Waals surface area contributed by atoms with Gasteiger partial charge in [0.2, 0.25) is 0 Å². The van der Waals surface area contributed by atoms with Crippen molar-refractivity contribution in [1.29, 1.82) is 5.26 Å². The van der Waals surface area contributed by atoms with Gasteiger partial charge in [-0.25, -0.2) is 4.98 Å². The summed E-state index contributed by atoms with van der Waals surface area (Å²) in [5.41, 5.74) is 7.64. The Labute approximate surface area is 195 Å². The number of hydrogen-bond donors (Lipinski definition) is 3. The van der Waals surface area contributed by atoms with Gasteiger partial charge in [-0.2, -0.15) is 23.5 Å². The van der Waals surface area contributed by atoms with Crippen molar-refractivity contribution in [3.8, 4) is 6.07 Å². The highest BCUT2D eigenvalue weighted by Gasteiger charge is 2.30. The Morgan fingerprint density at radius 3 is 2.44 bits per heavy atom. The quantitative estimate of drug-likeness (QED) is 0.239. The van der Waals surface area contributed by atoms with E-state index in [1.165, 1.54) is 12.1 Å². The summed E-state index contributed by atoms with van der Waals surface area (Å²) in [6, 6.07) is 14.1. The molecule has 0 unspecified atom stereocenters. The van der Waals surface area contributed by atoms with Gasteiger partial charge in [0.05, 0.1) is 16.8 Å². The first kappa shape index (κ1) is 24.5. The number of nitriles is 1. The van der Waals surface area contributed by atoms with Gasteiger partial charge in [0.25, 0.3) is 0 Å². The van der Waals surface area contributed by atoms with Crippen LogP contribution in [0.3, 0.4) is 0 Å². The summed E-state index contributed by atoms with van der Waals surface area (Å²) in [5.74, 6) is 0.245. The van der Waals surface area contributed by atoms with Crippen molar-refractivity contribution in [2.75, 3.05) is 22.9 Å². The Bertz CT molecular complexity index is 1210. The maximum atomic E-state index is 12.9. The number of unbranched alkanes of at least 4 members (excludes halogenated alkanes) is 1. The van der Waals surface area contributed by atoms with E-state index < -0.39 is 11.7 Å². The summed E-state index contributed by atoms with van der Waals surface area (Å²) in [5, 5.41) is 24.0. The lowest BCUT2D eigenvalue weighted by Gasteiger charge is -2.13. The molecule has 2 aromatic carbocycles. The van der Waals surface area contributed by atoms with E-state index in [1.54, 1.807) is 6.92 Å². The Morgan fingerprint density at radius 1 is 1.09 bits per heavy atom. The van der Waals surface area contributed by atoms with E-state index in [0.717, 1.165) is 37.2 Å². The molecule has 0 aliphatic rings. The molecular formula is C24H24F3N7. The smallest absolute Gasteiger partial charge is 0.385 e. The third-order valence-electron chi connectivity index (χ3n) is 5.00. The Hall–Kier alpha value is -4.13. The molecule has 0 spiro atoms. The van der Waals surface area contributed by atoms with Crippen LogP contribution in [0.2, 0.25) is 0 Å². The number of nitrogen functional groups attached to an aromatic ring is 1. The molecule has 1 heterocycles. The molecule has 3 aromatic rings. The Kier molecular flexibility index (Phi) is 7.68. The molecule has 0 radical (unpaired) electrons. The zero-order chi connectivity index (χ0) is 24.7. The molecule has 176 valence electrons. The number of benzene rings is 2. The highest BCUT2D eigenvalue weighted by molar-refractivity contribution is 5.75. The van der Waals surface area contributed by atoms with E-state index in [4.69, 9.17) is 5.73 Å². The first-order chi connectivity index (χ1) is 16.2. The van der Waals surface area contributed by atoms with Crippen molar-refractivity contribution >= 4 is 34.4 Å². The predicted octanol–water partition coefficient (Wildman–Crippen LogP) is 7.23. The van der Waals surface area contributed by atoms with Crippen LogP contribution < -0.4 is 16.4 Å². The van der Waals surface area contributed by atoms with Crippen LogP contribution in [0.1, 0.15) is 36.5 Å². The van der Waals surface area contributed by atoms with Crippen molar-refractivity contribution in [3.05, 3.63) is 65.2 Å². The molecule has 0 aliphatic heterocycles. The number of nitrogens with one attached hydrogen (secondary N) is 2. The molecule has 0 saturated carbocycles. The number of aromatic nitrogens is 1. The lowest BCUT2D eigenvalue weighted by molar-refractivity contribution is -0.137. The van der Waals surface area contributed by atoms with Gasteiger partial charge in [-0.15, -0.1) is 5.11 Å². The summed E-state index contributed by atoms with van der Waals surface area (Å²) in [6.07, 6.45) is -2.32. The van der Waals surface area contributed by atoms with Crippen LogP contribution in [-0.2, 0) is 6.18 Å². The number of halogens is 3.